The van der Waals surface area contributed by atoms with Crippen LogP contribution in [0.15, 0.2) is 51.0 Å². The number of hydrogen-bond acceptors (Lipinski definition) is 9. The number of thiophene rings is 1. The number of nitrogens with one attached hydrogen (secondary N) is 1. The number of thioether (sulfide) groups is 1. The van der Waals surface area contributed by atoms with Crippen LogP contribution in [-0.2, 0) is 11.8 Å². The smallest absolute Gasteiger partial charge is 0.271 e. The number of nitro benzene ring substituents is 1. The fraction of sp³-hybridized carbons (Fsp3) is 0.158. The molecule has 4 aromatic rings. The molecule has 1 atom stereocenters. The molecule has 31 heavy (non-hydrogen) atoms. The molecule has 1 aromatic carbocycles. The average Bonchev–Trinajstić information content (AvgIpc) is 3.41. The van der Waals surface area contributed by atoms with Crippen molar-refractivity contribution < 1.29 is 9.72 Å². The Morgan fingerprint density at radius 1 is 1.29 bits per heavy atom. The number of carbonyl (C=O) groups is 1. The lowest BCUT2D eigenvalue weighted by atomic mass is 10.1. The molecule has 0 saturated carbocycles. The van der Waals surface area contributed by atoms with Crippen molar-refractivity contribution in [3.63, 3.8) is 0 Å². The first kappa shape index (κ1) is 21.2. The molecule has 3 heterocycles. The van der Waals surface area contributed by atoms with E-state index in [4.69, 9.17) is 0 Å². The predicted molar refractivity (Wildman–Crippen MR) is 123 cm³/mol. The van der Waals surface area contributed by atoms with E-state index >= 15 is 0 Å². The second kappa shape index (κ2) is 8.57. The van der Waals surface area contributed by atoms with Gasteiger partial charge in [-0.3, -0.25) is 24.3 Å². The quantitative estimate of drug-likeness (QED) is 0.193. The van der Waals surface area contributed by atoms with Crippen LogP contribution in [0.25, 0.3) is 21.5 Å². The van der Waals surface area contributed by atoms with Crippen molar-refractivity contribution in [2.75, 3.05) is 5.32 Å². The van der Waals surface area contributed by atoms with Gasteiger partial charge in [0.1, 0.15) is 4.70 Å². The third-order valence-corrected chi connectivity index (χ3v) is 7.18. The van der Waals surface area contributed by atoms with E-state index in [1.54, 1.807) is 37.6 Å². The first-order chi connectivity index (χ1) is 14.8. The third-order valence-electron chi connectivity index (χ3n) is 4.38. The van der Waals surface area contributed by atoms with E-state index in [0.29, 0.717) is 31.8 Å². The number of anilines is 1. The lowest BCUT2D eigenvalue weighted by Crippen LogP contribution is -2.25. The largest absolute Gasteiger partial charge is 0.301 e. The van der Waals surface area contributed by atoms with Gasteiger partial charge >= 0.3 is 0 Å². The number of aromatic nitrogens is 3. The van der Waals surface area contributed by atoms with Gasteiger partial charge in [-0.1, -0.05) is 23.9 Å². The van der Waals surface area contributed by atoms with E-state index in [0.717, 1.165) is 0 Å². The number of benzene rings is 1. The molecule has 4 rings (SSSR count). The standard InChI is InChI=1S/C19H15N5O4S3/c1-10(31-19-21-13-6-7-29-15(13)17(26)23(19)2)16(25)22-18-20-14(9-30-18)11-4-3-5-12(8-11)24(27)28/h3-10H,1-2H3,(H,20,22,25). The van der Waals surface area contributed by atoms with Crippen LogP contribution >= 0.6 is 34.4 Å². The summed E-state index contributed by atoms with van der Waals surface area (Å²) in [6.07, 6.45) is 0. The van der Waals surface area contributed by atoms with Gasteiger partial charge in [0.25, 0.3) is 11.2 Å². The number of thiazole rings is 1. The van der Waals surface area contributed by atoms with Gasteiger partial charge in [-0.25, -0.2) is 9.97 Å². The van der Waals surface area contributed by atoms with Crippen molar-refractivity contribution in [1.82, 2.24) is 14.5 Å². The van der Waals surface area contributed by atoms with Crippen LogP contribution in [0.5, 0.6) is 0 Å². The lowest BCUT2D eigenvalue weighted by molar-refractivity contribution is -0.384. The minimum atomic E-state index is -0.528. The van der Waals surface area contributed by atoms with Gasteiger partial charge in [-0.2, -0.15) is 0 Å². The van der Waals surface area contributed by atoms with Gasteiger partial charge in [-0.05, 0) is 18.4 Å². The molecule has 1 unspecified atom stereocenters. The van der Waals surface area contributed by atoms with E-state index in [-0.39, 0.29) is 17.2 Å². The Kier molecular flexibility index (Phi) is 5.85. The van der Waals surface area contributed by atoms with Crippen LogP contribution in [0.3, 0.4) is 0 Å². The van der Waals surface area contributed by atoms with Crippen molar-refractivity contribution in [1.29, 1.82) is 0 Å². The molecular weight excluding hydrogens is 458 g/mol. The number of hydrogen-bond donors (Lipinski definition) is 1. The Hall–Kier alpha value is -3.09. The summed E-state index contributed by atoms with van der Waals surface area (Å²) in [7, 11) is 1.63. The van der Waals surface area contributed by atoms with Gasteiger partial charge in [-0.15, -0.1) is 22.7 Å². The zero-order valence-corrected chi connectivity index (χ0v) is 18.7. The molecule has 3 aromatic heterocycles. The van der Waals surface area contributed by atoms with Gasteiger partial charge in [0.05, 0.1) is 21.4 Å². The number of non-ortho nitro benzene ring substituents is 1. The predicted octanol–water partition coefficient (Wildman–Crippen LogP) is 4.15. The van der Waals surface area contributed by atoms with Gasteiger partial charge in [0, 0.05) is 30.1 Å². The van der Waals surface area contributed by atoms with E-state index in [9.17, 15) is 19.7 Å². The molecule has 0 bridgehead atoms. The van der Waals surface area contributed by atoms with Crippen LogP contribution in [0.1, 0.15) is 6.92 Å². The summed E-state index contributed by atoms with van der Waals surface area (Å²) in [6, 6.07) is 7.93. The van der Waals surface area contributed by atoms with E-state index in [2.05, 4.69) is 15.3 Å². The lowest BCUT2D eigenvalue weighted by Gasteiger charge is -2.12. The highest BCUT2D eigenvalue weighted by molar-refractivity contribution is 8.00. The highest BCUT2D eigenvalue weighted by Crippen LogP contribution is 2.29. The normalized spacial score (nSPS) is 12.1. The van der Waals surface area contributed by atoms with Gasteiger partial charge < -0.3 is 5.32 Å². The van der Waals surface area contributed by atoms with Crippen LogP contribution in [0.4, 0.5) is 10.8 Å². The van der Waals surface area contributed by atoms with Crippen LogP contribution in [0.2, 0.25) is 0 Å². The van der Waals surface area contributed by atoms with Crippen molar-refractivity contribution in [2.24, 2.45) is 7.05 Å². The highest BCUT2D eigenvalue weighted by Gasteiger charge is 2.20. The monoisotopic (exact) mass is 473 g/mol. The number of nitrogens with zero attached hydrogens (tertiary/aromatic N) is 4. The Labute approximate surface area is 187 Å². The molecule has 12 heteroatoms. The molecule has 0 aliphatic heterocycles. The molecule has 0 saturated heterocycles. The Morgan fingerprint density at radius 2 is 2.10 bits per heavy atom. The minimum Gasteiger partial charge on any atom is -0.301 e. The van der Waals surface area contributed by atoms with Gasteiger partial charge in [0.2, 0.25) is 5.91 Å². The van der Waals surface area contributed by atoms with Crippen LogP contribution in [-0.4, -0.2) is 30.6 Å². The molecule has 0 aliphatic carbocycles. The van der Waals surface area contributed by atoms with Crippen molar-refractivity contribution in [3.05, 3.63) is 61.6 Å². The number of amides is 1. The first-order valence-corrected chi connectivity index (χ1v) is 11.6. The first-order valence-electron chi connectivity index (χ1n) is 8.95. The Bertz CT molecular complexity index is 1360. The second-order valence-corrected chi connectivity index (χ2v) is 9.57. The summed E-state index contributed by atoms with van der Waals surface area (Å²) in [6.45, 7) is 1.72. The molecule has 9 nitrogen and oxygen atoms in total. The van der Waals surface area contributed by atoms with Crippen molar-refractivity contribution in [3.8, 4) is 11.3 Å². The minimum absolute atomic E-state index is 0.0261. The molecule has 0 radical (unpaired) electrons. The molecule has 0 fully saturated rings. The number of nitro groups is 1. The molecule has 0 spiro atoms. The third kappa shape index (κ3) is 4.36. The summed E-state index contributed by atoms with van der Waals surface area (Å²) in [5.74, 6) is -0.287. The SMILES string of the molecule is CC(Sc1nc2ccsc2c(=O)n1C)C(=O)Nc1nc(-c2cccc([N+](=O)[O-])c2)cs1. The van der Waals surface area contributed by atoms with E-state index in [1.165, 1.54) is 51.1 Å². The highest BCUT2D eigenvalue weighted by atomic mass is 32.2. The van der Waals surface area contributed by atoms with Crippen molar-refractivity contribution >= 4 is 61.4 Å². The van der Waals surface area contributed by atoms with Crippen LogP contribution in [0, 0.1) is 10.1 Å². The van der Waals surface area contributed by atoms with E-state index in [1.807, 2.05) is 5.38 Å². The maximum atomic E-state index is 12.6. The number of rotatable bonds is 6. The fourth-order valence-electron chi connectivity index (χ4n) is 2.73. The topological polar surface area (TPSA) is 120 Å². The summed E-state index contributed by atoms with van der Waals surface area (Å²) in [5.41, 5.74) is 1.58. The molecular formula is C19H15N5O4S3. The molecule has 158 valence electrons. The van der Waals surface area contributed by atoms with Crippen molar-refractivity contribution in [2.45, 2.75) is 17.3 Å². The summed E-state index contributed by atoms with van der Waals surface area (Å²) in [5, 5.41) is 17.6. The Balaban J connectivity index is 1.48. The van der Waals surface area contributed by atoms with E-state index < -0.39 is 10.2 Å². The zero-order chi connectivity index (χ0) is 22.1. The summed E-state index contributed by atoms with van der Waals surface area (Å²) >= 11 is 3.75. The van der Waals surface area contributed by atoms with Gasteiger partial charge in [0.15, 0.2) is 10.3 Å². The molecule has 1 amide bonds. The number of carbonyl (C=O) groups excluding carboxylic acids is 1. The second-order valence-electron chi connectivity index (χ2n) is 6.49. The number of fused-ring (bicyclic) bond motifs is 1. The maximum Gasteiger partial charge on any atom is 0.271 e. The maximum absolute atomic E-state index is 12.6. The summed E-state index contributed by atoms with van der Waals surface area (Å²) in [4.78, 5) is 44.4. The zero-order valence-electron chi connectivity index (χ0n) is 16.3. The summed E-state index contributed by atoms with van der Waals surface area (Å²) < 4.78 is 2.03. The molecule has 0 aliphatic rings. The fourth-order valence-corrected chi connectivity index (χ4v) is 5.14. The van der Waals surface area contributed by atoms with Crippen LogP contribution < -0.4 is 10.9 Å². The average molecular weight is 474 g/mol. The Morgan fingerprint density at radius 3 is 2.87 bits per heavy atom. The molecule has 1 N–H and O–H groups in total.